The molecule has 0 spiro atoms. The molecule has 0 aliphatic rings. The van der Waals surface area contributed by atoms with E-state index in [-0.39, 0.29) is 11.7 Å². The predicted octanol–water partition coefficient (Wildman–Crippen LogP) is 3.64. The van der Waals surface area contributed by atoms with Crippen molar-refractivity contribution >= 4 is 5.91 Å². The molecule has 28 heavy (non-hydrogen) atoms. The summed E-state index contributed by atoms with van der Waals surface area (Å²) in [4.78, 5) is 14.5. The Morgan fingerprint density at radius 2 is 2.04 bits per heavy atom. The number of phenols is 1. The van der Waals surface area contributed by atoms with Crippen LogP contribution in [0.25, 0.3) is 11.1 Å². The predicted molar refractivity (Wildman–Crippen MR) is 108 cm³/mol. The van der Waals surface area contributed by atoms with Crippen LogP contribution in [0, 0.1) is 0 Å². The monoisotopic (exact) mass is 379 g/mol. The van der Waals surface area contributed by atoms with Crippen molar-refractivity contribution in [1.29, 1.82) is 0 Å². The van der Waals surface area contributed by atoms with Crippen LogP contribution in [0.2, 0.25) is 0 Å². The molecule has 0 saturated carbocycles. The smallest absolute Gasteiger partial charge is 0.253 e. The summed E-state index contributed by atoms with van der Waals surface area (Å²) in [5.41, 5.74) is 4.47. The third kappa shape index (κ3) is 4.01. The van der Waals surface area contributed by atoms with Crippen LogP contribution in [-0.2, 0) is 20.0 Å². The lowest BCUT2D eigenvalue weighted by molar-refractivity contribution is 0.0785. The summed E-state index contributed by atoms with van der Waals surface area (Å²) in [7, 11) is 5.15. The van der Waals surface area contributed by atoms with Crippen molar-refractivity contribution in [2.75, 3.05) is 14.2 Å². The molecule has 0 unspecified atom stereocenters. The summed E-state index contributed by atoms with van der Waals surface area (Å²) < 4.78 is 6.86. The average Bonchev–Trinajstić information content (AvgIpc) is 3.08. The van der Waals surface area contributed by atoms with Gasteiger partial charge < -0.3 is 14.7 Å². The van der Waals surface area contributed by atoms with E-state index in [1.807, 2.05) is 43.6 Å². The number of carbonyl (C=O) groups excluding carboxylic acids is 1. The van der Waals surface area contributed by atoms with Gasteiger partial charge in [0.1, 0.15) is 0 Å². The number of nitrogens with zero attached hydrogens (tertiary/aromatic N) is 3. The molecule has 1 amide bonds. The molecule has 0 saturated heterocycles. The molecule has 0 radical (unpaired) electrons. The number of rotatable bonds is 6. The van der Waals surface area contributed by atoms with E-state index in [4.69, 9.17) is 4.74 Å². The molecular weight excluding hydrogens is 354 g/mol. The largest absolute Gasteiger partial charge is 0.504 e. The second kappa shape index (κ2) is 8.17. The molecule has 3 aromatic rings. The van der Waals surface area contributed by atoms with E-state index in [2.05, 4.69) is 12.0 Å². The van der Waals surface area contributed by atoms with Gasteiger partial charge in [0.2, 0.25) is 0 Å². The first kappa shape index (κ1) is 19.5. The number of methoxy groups -OCH3 is 1. The lowest BCUT2D eigenvalue weighted by Gasteiger charge is -2.18. The minimum Gasteiger partial charge on any atom is -0.504 e. The van der Waals surface area contributed by atoms with Gasteiger partial charge in [-0.15, -0.1) is 0 Å². The van der Waals surface area contributed by atoms with Crippen LogP contribution in [0.1, 0.15) is 28.5 Å². The van der Waals surface area contributed by atoms with Crippen molar-refractivity contribution in [3.8, 4) is 22.6 Å². The molecule has 0 bridgehead atoms. The van der Waals surface area contributed by atoms with Crippen LogP contribution in [-0.4, -0.2) is 39.9 Å². The highest BCUT2D eigenvalue weighted by atomic mass is 16.5. The first-order valence-electron chi connectivity index (χ1n) is 9.17. The van der Waals surface area contributed by atoms with E-state index in [1.54, 1.807) is 28.8 Å². The third-order valence-electron chi connectivity index (χ3n) is 4.67. The van der Waals surface area contributed by atoms with Gasteiger partial charge in [0.05, 0.1) is 12.8 Å². The van der Waals surface area contributed by atoms with Gasteiger partial charge in [-0.1, -0.05) is 25.1 Å². The van der Waals surface area contributed by atoms with Gasteiger partial charge in [0.15, 0.2) is 11.5 Å². The number of carbonyl (C=O) groups is 1. The number of hydrogen-bond acceptors (Lipinski definition) is 4. The van der Waals surface area contributed by atoms with Crippen molar-refractivity contribution in [2.24, 2.45) is 7.05 Å². The van der Waals surface area contributed by atoms with E-state index >= 15 is 0 Å². The lowest BCUT2D eigenvalue weighted by Crippen LogP contribution is -2.26. The van der Waals surface area contributed by atoms with Crippen molar-refractivity contribution in [1.82, 2.24) is 14.7 Å². The zero-order chi connectivity index (χ0) is 20.3. The van der Waals surface area contributed by atoms with Crippen LogP contribution in [0.3, 0.4) is 0 Å². The molecule has 2 aromatic carbocycles. The SMILES string of the molecule is CCc1nn(C)cc1-c1cccc(C(=O)N(C)Cc2ccc(OC)c(O)c2)c1. The van der Waals surface area contributed by atoms with Gasteiger partial charge in [-0.05, 0) is 41.8 Å². The van der Waals surface area contributed by atoms with Crippen molar-refractivity contribution in [3.63, 3.8) is 0 Å². The first-order chi connectivity index (χ1) is 13.4. The van der Waals surface area contributed by atoms with Gasteiger partial charge in [-0.2, -0.15) is 5.10 Å². The fourth-order valence-electron chi connectivity index (χ4n) is 3.26. The Bertz CT molecular complexity index is 994. The molecule has 1 N–H and O–H groups in total. The number of aryl methyl sites for hydroxylation is 2. The van der Waals surface area contributed by atoms with Crippen molar-refractivity contribution in [2.45, 2.75) is 19.9 Å². The summed E-state index contributed by atoms with van der Waals surface area (Å²) in [6.07, 6.45) is 2.81. The standard InChI is InChI=1S/C22H25N3O3/c1-5-19-18(14-25(3)23-19)16-7-6-8-17(12-16)22(27)24(2)13-15-9-10-21(28-4)20(26)11-15/h6-12,14,26H,5,13H2,1-4H3. The zero-order valence-electron chi connectivity index (χ0n) is 16.6. The van der Waals surface area contributed by atoms with Gasteiger partial charge >= 0.3 is 0 Å². The third-order valence-corrected chi connectivity index (χ3v) is 4.67. The zero-order valence-corrected chi connectivity index (χ0v) is 16.6. The average molecular weight is 379 g/mol. The summed E-state index contributed by atoms with van der Waals surface area (Å²) in [6, 6.07) is 12.7. The Balaban J connectivity index is 1.81. The Morgan fingerprint density at radius 1 is 1.25 bits per heavy atom. The Morgan fingerprint density at radius 3 is 2.71 bits per heavy atom. The fraction of sp³-hybridized carbons (Fsp3) is 0.273. The second-order valence-electron chi connectivity index (χ2n) is 6.76. The number of hydrogen-bond donors (Lipinski definition) is 1. The summed E-state index contributed by atoms with van der Waals surface area (Å²) >= 11 is 0. The Hall–Kier alpha value is -3.28. The molecule has 146 valence electrons. The summed E-state index contributed by atoms with van der Waals surface area (Å²) in [6.45, 7) is 2.45. The number of aromatic nitrogens is 2. The van der Waals surface area contributed by atoms with Crippen LogP contribution >= 0.6 is 0 Å². The number of phenolic OH excluding ortho intramolecular Hbond substituents is 1. The van der Waals surface area contributed by atoms with Gasteiger partial charge in [0.25, 0.3) is 5.91 Å². The van der Waals surface area contributed by atoms with E-state index in [0.29, 0.717) is 17.9 Å². The Labute approximate surface area is 165 Å². The normalized spacial score (nSPS) is 10.7. The first-order valence-corrected chi connectivity index (χ1v) is 9.17. The summed E-state index contributed by atoms with van der Waals surface area (Å²) in [5, 5.41) is 14.4. The minimum absolute atomic E-state index is 0.0616. The van der Waals surface area contributed by atoms with E-state index in [0.717, 1.165) is 28.8 Å². The lowest BCUT2D eigenvalue weighted by atomic mass is 10.0. The molecular formula is C22H25N3O3. The van der Waals surface area contributed by atoms with Crippen molar-refractivity contribution in [3.05, 3.63) is 65.5 Å². The molecule has 0 aliphatic carbocycles. The second-order valence-corrected chi connectivity index (χ2v) is 6.76. The van der Waals surface area contributed by atoms with Crippen LogP contribution in [0.15, 0.2) is 48.7 Å². The van der Waals surface area contributed by atoms with E-state index in [9.17, 15) is 9.90 Å². The highest BCUT2D eigenvalue weighted by molar-refractivity contribution is 5.95. The molecule has 0 aliphatic heterocycles. The van der Waals surface area contributed by atoms with E-state index in [1.165, 1.54) is 7.11 Å². The van der Waals surface area contributed by atoms with Gasteiger partial charge in [0, 0.05) is 38.0 Å². The topological polar surface area (TPSA) is 67.6 Å². The number of amides is 1. The van der Waals surface area contributed by atoms with Gasteiger partial charge in [-0.25, -0.2) is 0 Å². The molecule has 0 atom stereocenters. The minimum atomic E-state index is -0.0842. The van der Waals surface area contributed by atoms with E-state index < -0.39 is 0 Å². The molecule has 1 aromatic heterocycles. The molecule has 0 fully saturated rings. The maximum Gasteiger partial charge on any atom is 0.253 e. The summed E-state index contributed by atoms with van der Waals surface area (Å²) in [5.74, 6) is 0.388. The highest BCUT2D eigenvalue weighted by Gasteiger charge is 2.15. The number of aromatic hydroxyl groups is 1. The quantitative estimate of drug-likeness (QED) is 0.710. The maximum atomic E-state index is 12.9. The highest BCUT2D eigenvalue weighted by Crippen LogP contribution is 2.27. The fourth-order valence-corrected chi connectivity index (χ4v) is 3.26. The maximum absolute atomic E-state index is 12.9. The van der Waals surface area contributed by atoms with Crippen molar-refractivity contribution < 1.29 is 14.6 Å². The van der Waals surface area contributed by atoms with Crippen LogP contribution in [0.4, 0.5) is 0 Å². The van der Waals surface area contributed by atoms with Gasteiger partial charge in [-0.3, -0.25) is 9.48 Å². The van der Waals surface area contributed by atoms with Crippen LogP contribution < -0.4 is 4.74 Å². The Kier molecular flexibility index (Phi) is 5.68. The number of benzene rings is 2. The number of ether oxygens (including phenoxy) is 1. The van der Waals surface area contributed by atoms with Crippen LogP contribution in [0.5, 0.6) is 11.5 Å². The molecule has 6 heteroatoms. The molecule has 6 nitrogen and oxygen atoms in total. The molecule has 3 rings (SSSR count). The molecule has 1 heterocycles.